The summed E-state index contributed by atoms with van der Waals surface area (Å²) in [5, 5.41) is 0.459. The minimum atomic E-state index is -0.569. The number of hydrogen-bond acceptors (Lipinski definition) is 5. The van der Waals surface area contributed by atoms with Crippen molar-refractivity contribution in [1.29, 1.82) is 0 Å². The molecule has 0 radical (unpaired) electrons. The minimum Gasteiger partial charge on any atom is -0.490 e. The fraction of sp³-hybridized carbons (Fsp3) is 0.115. The maximum atomic E-state index is 13.5. The van der Waals surface area contributed by atoms with E-state index in [2.05, 4.69) is 11.6 Å². The lowest BCUT2D eigenvalue weighted by Gasteiger charge is -2.25. The van der Waals surface area contributed by atoms with Crippen LogP contribution in [0.25, 0.3) is 11.0 Å². The summed E-state index contributed by atoms with van der Waals surface area (Å²) in [6.45, 7) is 4.37. The Kier molecular flexibility index (Phi) is 5.03. The molecule has 5 rings (SSSR count). The van der Waals surface area contributed by atoms with E-state index >= 15 is 0 Å². The van der Waals surface area contributed by atoms with Gasteiger partial charge < -0.3 is 14.1 Å². The number of rotatable bonds is 6. The van der Waals surface area contributed by atoms with E-state index in [4.69, 9.17) is 9.15 Å². The van der Waals surface area contributed by atoms with E-state index in [0.29, 0.717) is 35.4 Å². The molecule has 1 amide bonds. The van der Waals surface area contributed by atoms with Crippen molar-refractivity contribution in [3.8, 4) is 5.75 Å². The van der Waals surface area contributed by atoms with Crippen molar-refractivity contribution >= 4 is 16.9 Å². The van der Waals surface area contributed by atoms with Gasteiger partial charge in [0, 0.05) is 18.9 Å². The van der Waals surface area contributed by atoms with Crippen LogP contribution in [0.15, 0.2) is 94.9 Å². The van der Waals surface area contributed by atoms with Gasteiger partial charge in [-0.2, -0.15) is 0 Å². The SMILES string of the molecule is C=CCOc1ccc(C2c3c(oc4ccccc4c3=O)C(=O)N2Cc2ccncc2)cc1. The molecule has 0 saturated heterocycles. The predicted molar refractivity (Wildman–Crippen MR) is 121 cm³/mol. The molecule has 2 aromatic heterocycles. The summed E-state index contributed by atoms with van der Waals surface area (Å²) in [5.41, 5.74) is 2.29. The average Bonchev–Trinajstić information content (AvgIpc) is 3.10. The highest BCUT2D eigenvalue weighted by Gasteiger charge is 2.42. The van der Waals surface area contributed by atoms with E-state index in [0.717, 1.165) is 11.1 Å². The third-order valence-corrected chi connectivity index (χ3v) is 5.54. The molecule has 0 N–H and O–H groups in total. The topological polar surface area (TPSA) is 72.6 Å². The number of carbonyl (C=O) groups excluding carboxylic acids is 1. The van der Waals surface area contributed by atoms with Crippen LogP contribution in [0.2, 0.25) is 0 Å². The highest BCUT2D eigenvalue weighted by Crippen LogP contribution is 2.39. The number of para-hydroxylation sites is 1. The van der Waals surface area contributed by atoms with E-state index in [1.165, 1.54) is 0 Å². The van der Waals surface area contributed by atoms with E-state index in [9.17, 15) is 9.59 Å². The molecule has 6 heteroatoms. The molecule has 4 aromatic rings. The molecule has 0 bridgehead atoms. The third kappa shape index (κ3) is 3.36. The molecule has 0 fully saturated rings. The lowest BCUT2D eigenvalue weighted by molar-refractivity contribution is 0.0714. The van der Waals surface area contributed by atoms with Crippen LogP contribution in [0.5, 0.6) is 5.75 Å². The summed E-state index contributed by atoms with van der Waals surface area (Å²) in [6, 6.07) is 17.5. The average molecular weight is 424 g/mol. The number of nitrogens with zero attached hydrogens (tertiary/aromatic N) is 2. The van der Waals surface area contributed by atoms with Crippen LogP contribution in [-0.2, 0) is 6.54 Å². The molecule has 158 valence electrons. The fourth-order valence-corrected chi connectivity index (χ4v) is 4.06. The van der Waals surface area contributed by atoms with Crippen molar-refractivity contribution in [2.24, 2.45) is 0 Å². The Morgan fingerprint density at radius 3 is 2.53 bits per heavy atom. The molecule has 0 saturated carbocycles. The van der Waals surface area contributed by atoms with Crippen molar-refractivity contribution in [3.05, 3.63) is 118 Å². The Labute approximate surface area is 184 Å². The molecular formula is C26H20N2O4. The zero-order valence-corrected chi connectivity index (χ0v) is 17.2. The first-order chi connectivity index (χ1) is 15.7. The second-order valence-electron chi connectivity index (χ2n) is 7.53. The van der Waals surface area contributed by atoms with Gasteiger partial charge in [-0.15, -0.1) is 0 Å². The van der Waals surface area contributed by atoms with Crippen LogP contribution in [0.4, 0.5) is 0 Å². The second kappa shape index (κ2) is 8.15. The van der Waals surface area contributed by atoms with E-state index in [1.54, 1.807) is 47.6 Å². The van der Waals surface area contributed by atoms with Crippen LogP contribution >= 0.6 is 0 Å². The first-order valence-corrected chi connectivity index (χ1v) is 10.3. The molecule has 0 aliphatic carbocycles. The van der Waals surface area contributed by atoms with Crippen LogP contribution in [0, 0.1) is 0 Å². The van der Waals surface area contributed by atoms with Gasteiger partial charge in [0.05, 0.1) is 17.0 Å². The third-order valence-electron chi connectivity index (χ3n) is 5.54. The summed E-state index contributed by atoms with van der Waals surface area (Å²) >= 11 is 0. The van der Waals surface area contributed by atoms with E-state index < -0.39 is 6.04 Å². The van der Waals surface area contributed by atoms with E-state index in [-0.39, 0.29) is 17.1 Å². The summed E-state index contributed by atoms with van der Waals surface area (Å²) < 4.78 is 11.5. The first kappa shape index (κ1) is 19.8. The van der Waals surface area contributed by atoms with Gasteiger partial charge in [0.15, 0.2) is 5.43 Å². The number of ether oxygens (including phenoxy) is 1. The second-order valence-corrected chi connectivity index (χ2v) is 7.53. The summed E-state index contributed by atoms with van der Waals surface area (Å²) in [6.07, 6.45) is 5.04. The lowest BCUT2D eigenvalue weighted by atomic mass is 9.98. The number of aromatic nitrogens is 1. The molecule has 32 heavy (non-hydrogen) atoms. The predicted octanol–water partition coefficient (Wildman–Crippen LogP) is 4.50. The van der Waals surface area contributed by atoms with Crippen LogP contribution in [0.1, 0.15) is 33.3 Å². The fourth-order valence-electron chi connectivity index (χ4n) is 4.06. The molecule has 1 unspecified atom stereocenters. The Balaban J connectivity index is 1.65. The van der Waals surface area contributed by atoms with Gasteiger partial charge in [0.2, 0.25) is 5.76 Å². The van der Waals surface area contributed by atoms with Gasteiger partial charge in [0.25, 0.3) is 5.91 Å². The molecule has 3 heterocycles. The maximum Gasteiger partial charge on any atom is 0.291 e. The van der Waals surface area contributed by atoms with Crippen molar-refractivity contribution in [2.75, 3.05) is 6.61 Å². The molecule has 1 aliphatic rings. The number of hydrogen-bond donors (Lipinski definition) is 0. The highest BCUT2D eigenvalue weighted by atomic mass is 16.5. The van der Waals surface area contributed by atoms with Gasteiger partial charge in [-0.25, -0.2) is 0 Å². The monoisotopic (exact) mass is 424 g/mol. The first-order valence-electron chi connectivity index (χ1n) is 10.3. The highest BCUT2D eigenvalue weighted by molar-refractivity contribution is 5.99. The van der Waals surface area contributed by atoms with Gasteiger partial charge >= 0.3 is 0 Å². The standard InChI is InChI=1S/C26H20N2O4/c1-2-15-31-19-9-7-18(8-10-19)23-22-24(29)20-5-3-4-6-21(20)32-25(22)26(30)28(23)16-17-11-13-27-14-12-17/h2-14,23H,1,15-16H2. The van der Waals surface area contributed by atoms with Crippen LogP contribution < -0.4 is 10.2 Å². The lowest BCUT2D eigenvalue weighted by Crippen LogP contribution is -2.29. The van der Waals surface area contributed by atoms with Crippen molar-refractivity contribution in [2.45, 2.75) is 12.6 Å². The smallest absolute Gasteiger partial charge is 0.291 e. The van der Waals surface area contributed by atoms with Gasteiger partial charge in [-0.1, -0.05) is 36.9 Å². The zero-order chi connectivity index (χ0) is 22.1. The van der Waals surface area contributed by atoms with E-state index in [1.807, 2.05) is 36.4 Å². The number of carbonyl (C=O) groups is 1. The minimum absolute atomic E-state index is 0.0970. The number of benzene rings is 2. The number of pyridine rings is 1. The molecule has 0 spiro atoms. The van der Waals surface area contributed by atoms with Crippen molar-refractivity contribution in [3.63, 3.8) is 0 Å². The molecule has 2 aromatic carbocycles. The van der Waals surface area contributed by atoms with Gasteiger partial charge in [-0.05, 0) is 47.5 Å². The Morgan fingerprint density at radius 1 is 1.03 bits per heavy atom. The Bertz CT molecular complexity index is 1360. The Hall–Kier alpha value is -4.19. The van der Waals surface area contributed by atoms with Gasteiger partial charge in [0.1, 0.15) is 17.9 Å². The summed E-state index contributed by atoms with van der Waals surface area (Å²) in [4.78, 5) is 32.6. The molecule has 1 atom stereocenters. The largest absolute Gasteiger partial charge is 0.490 e. The van der Waals surface area contributed by atoms with Crippen LogP contribution in [-0.4, -0.2) is 22.4 Å². The summed E-state index contributed by atoms with van der Waals surface area (Å²) in [7, 11) is 0. The maximum absolute atomic E-state index is 13.5. The zero-order valence-electron chi connectivity index (χ0n) is 17.2. The quantitative estimate of drug-likeness (QED) is 0.426. The number of amides is 1. The summed E-state index contributed by atoms with van der Waals surface area (Å²) in [5.74, 6) is 0.473. The normalized spacial score (nSPS) is 15.1. The van der Waals surface area contributed by atoms with Crippen LogP contribution in [0.3, 0.4) is 0 Å². The Morgan fingerprint density at radius 2 is 1.78 bits per heavy atom. The van der Waals surface area contributed by atoms with Gasteiger partial charge in [-0.3, -0.25) is 14.6 Å². The van der Waals surface area contributed by atoms with Crippen molar-refractivity contribution < 1.29 is 13.9 Å². The molecule has 6 nitrogen and oxygen atoms in total. The molecular weight excluding hydrogens is 404 g/mol. The van der Waals surface area contributed by atoms with Crippen molar-refractivity contribution in [1.82, 2.24) is 9.88 Å². The number of fused-ring (bicyclic) bond motifs is 2. The molecule has 1 aliphatic heterocycles.